The number of hydrogen-bond donors (Lipinski definition) is 1. The van der Waals surface area contributed by atoms with E-state index in [1.54, 1.807) is 47.9 Å². The van der Waals surface area contributed by atoms with Crippen molar-refractivity contribution in [1.82, 2.24) is 25.2 Å². The highest BCUT2D eigenvalue weighted by atomic mass is 32.1. The molecular weight excluding hydrogens is 430 g/mol. The van der Waals surface area contributed by atoms with E-state index in [2.05, 4.69) is 20.5 Å². The van der Waals surface area contributed by atoms with Gasteiger partial charge in [0, 0.05) is 17.5 Å². The lowest BCUT2D eigenvalue weighted by atomic mass is 10.1. The number of furan rings is 1. The molecule has 10 nitrogen and oxygen atoms in total. The Morgan fingerprint density at radius 2 is 2.00 bits per heavy atom. The first-order valence-electron chi connectivity index (χ1n) is 9.73. The lowest BCUT2D eigenvalue weighted by Gasteiger charge is -2.19. The number of amides is 2. The van der Waals surface area contributed by atoms with Crippen LogP contribution in [0.4, 0.5) is 0 Å². The van der Waals surface area contributed by atoms with Gasteiger partial charge in [-0.05, 0) is 40.9 Å². The van der Waals surface area contributed by atoms with E-state index < -0.39 is 5.91 Å². The van der Waals surface area contributed by atoms with Crippen LogP contribution in [0.2, 0.25) is 0 Å². The summed E-state index contributed by atoms with van der Waals surface area (Å²) in [5.74, 6) is 0.194. The molecule has 3 aromatic heterocycles. The van der Waals surface area contributed by atoms with E-state index in [1.165, 1.54) is 9.81 Å². The van der Waals surface area contributed by atoms with Crippen molar-refractivity contribution in [2.24, 2.45) is 10.8 Å². The van der Waals surface area contributed by atoms with Crippen LogP contribution in [0.5, 0.6) is 0 Å². The highest BCUT2D eigenvalue weighted by Crippen LogP contribution is 2.34. The van der Waals surface area contributed by atoms with Gasteiger partial charge in [0.05, 0.1) is 16.9 Å². The van der Waals surface area contributed by atoms with Crippen molar-refractivity contribution < 1.29 is 14.0 Å². The van der Waals surface area contributed by atoms with Gasteiger partial charge in [-0.3, -0.25) is 9.59 Å². The molecule has 0 bridgehead atoms. The first-order valence-corrected chi connectivity index (χ1v) is 10.6. The van der Waals surface area contributed by atoms with E-state index >= 15 is 0 Å². The van der Waals surface area contributed by atoms with E-state index in [1.807, 2.05) is 23.6 Å². The number of aromatic nitrogens is 4. The van der Waals surface area contributed by atoms with Crippen molar-refractivity contribution in [1.29, 1.82) is 0 Å². The van der Waals surface area contributed by atoms with E-state index in [4.69, 9.17) is 10.2 Å². The molecule has 0 aliphatic carbocycles. The molecule has 0 fully saturated rings. The molecule has 1 aliphatic rings. The van der Waals surface area contributed by atoms with Gasteiger partial charge in [-0.15, -0.1) is 21.5 Å². The third-order valence-corrected chi connectivity index (χ3v) is 5.92. The number of thiophene rings is 1. The van der Waals surface area contributed by atoms with Crippen LogP contribution < -0.4 is 5.73 Å². The van der Waals surface area contributed by atoms with Gasteiger partial charge < -0.3 is 10.2 Å². The number of rotatable bonds is 6. The number of primary amides is 1. The minimum atomic E-state index is -0.516. The molecule has 4 heterocycles. The Kier molecular flexibility index (Phi) is 5.07. The minimum Gasteiger partial charge on any atom is -0.467 e. The van der Waals surface area contributed by atoms with Gasteiger partial charge in [-0.25, -0.2) is 5.01 Å². The smallest absolute Gasteiger partial charge is 0.267 e. The second-order valence-corrected chi connectivity index (χ2v) is 8.03. The van der Waals surface area contributed by atoms with E-state index in [9.17, 15) is 9.59 Å². The summed E-state index contributed by atoms with van der Waals surface area (Å²) in [6.45, 7) is -0.134. The van der Waals surface area contributed by atoms with Gasteiger partial charge >= 0.3 is 0 Å². The van der Waals surface area contributed by atoms with Gasteiger partial charge in [-0.2, -0.15) is 9.90 Å². The first-order chi connectivity index (χ1) is 15.6. The molecule has 1 atom stereocenters. The van der Waals surface area contributed by atoms with Crippen LogP contribution in [-0.4, -0.2) is 42.7 Å². The number of carbonyl (C=O) groups excluding carboxylic acids is 2. The van der Waals surface area contributed by atoms with Crippen molar-refractivity contribution in [2.45, 2.75) is 19.0 Å². The quantitative estimate of drug-likeness (QED) is 0.483. The number of hydrogen-bond acceptors (Lipinski definition) is 8. The molecule has 0 spiro atoms. The Morgan fingerprint density at radius 3 is 2.69 bits per heavy atom. The van der Waals surface area contributed by atoms with Crippen molar-refractivity contribution >= 4 is 28.9 Å². The van der Waals surface area contributed by atoms with Crippen LogP contribution >= 0.6 is 11.3 Å². The highest BCUT2D eigenvalue weighted by molar-refractivity contribution is 7.12. The van der Waals surface area contributed by atoms with Crippen LogP contribution in [0.1, 0.15) is 33.5 Å². The fourth-order valence-corrected chi connectivity index (χ4v) is 4.16. The summed E-state index contributed by atoms with van der Waals surface area (Å²) < 4.78 is 5.56. The Hall–Kier alpha value is -4.12. The lowest BCUT2D eigenvalue weighted by molar-refractivity contribution is -0.134. The molecule has 32 heavy (non-hydrogen) atoms. The number of nitrogens with zero attached hydrogens (tertiary/aromatic N) is 6. The summed E-state index contributed by atoms with van der Waals surface area (Å²) in [6, 6.07) is 13.7. The Balaban J connectivity index is 1.36. The molecule has 0 unspecified atom stereocenters. The molecule has 4 aromatic rings. The molecule has 2 N–H and O–H groups in total. The minimum absolute atomic E-state index is 0.134. The zero-order valence-corrected chi connectivity index (χ0v) is 17.5. The normalized spacial score (nSPS) is 15.7. The SMILES string of the molecule is NC(=O)c1ccc(-c2nnn(CC(=O)N3N=C(c4cccs4)C[C@H]3c3ccco3)n2)cc1. The largest absolute Gasteiger partial charge is 0.467 e. The number of nitrogens with two attached hydrogens (primary N) is 1. The maximum atomic E-state index is 13.1. The van der Waals surface area contributed by atoms with Crippen molar-refractivity contribution in [2.75, 3.05) is 0 Å². The number of carbonyl (C=O) groups is 2. The van der Waals surface area contributed by atoms with Crippen molar-refractivity contribution in [3.8, 4) is 11.4 Å². The maximum Gasteiger partial charge on any atom is 0.267 e. The topological polar surface area (TPSA) is 132 Å². The Labute approximate surface area is 185 Å². The predicted molar refractivity (Wildman–Crippen MR) is 116 cm³/mol. The van der Waals surface area contributed by atoms with Crippen LogP contribution in [0.15, 0.2) is 69.7 Å². The predicted octanol–water partition coefficient (Wildman–Crippen LogP) is 2.47. The average molecular weight is 447 g/mol. The van der Waals surface area contributed by atoms with Gasteiger partial charge in [-0.1, -0.05) is 18.2 Å². The van der Waals surface area contributed by atoms with Crippen LogP contribution in [-0.2, 0) is 11.3 Å². The second-order valence-electron chi connectivity index (χ2n) is 7.08. The zero-order chi connectivity index (χ0) is 22.1. The molecule has 0 saturated carbocycles. The summed E-state index contributed by atoms with van der Waals surface area (Å²) >= 11 is 1.57. The average Bonchev–Trinajstić information content (AvgIpc) is 3.60. The fraction of sp³-hybridized carbons (Fsp3) is 0.143. The summed E-state index contributed by atoms with van der Waals surface area (Å²) in [6.07, 6.45) is 2.14. The molecule has 5 rings (SSSR count). The molecule has 11 heteroatoms. The highest BCUT2D eigenvalue weighted by Gasteiger charge is 2.35. The number of benzene rings is 1. The van der Waals surface area contributed by atoms with E-state index in [-0.39, 0.29) is 18.5 Å². The summed E-state index contributed by atoms with van der Waals surface area (Å²) in [5.41, 5.74) is 7.13. The van der Waals surface area contributed by atoms with Crippen LogP contribution in [0.25, 0.3) is 11.4 Å². The van der Waals surface area contributed by atoms with Crippen molar-refractivity contribution in [3.63, 3.8) is 0 Å². The third-order valence-electron chi connectivity index (χ3n) is 5.00. The maximum absolute atomic E-state index is 13.1. The molecule has 0 saturated heterocycles. The number of hydrazone groups is 1. The summed E-state index contributed by atoms with van der Waals surface area (Å²) in [5, 5.41) is 20.3. The van der Waals surface area contributed by atoms with Crippen molar-refractivity contribution in [3.05, 3.63) is 76.4 Å². The first kappa shape index (κ1) is 19.8. The lowest BCUT2D eigenvalue weighted by Crippen LogP contribution is -2.31. The van der Waals surface area contributed by atoms with E-state index in [0.717, 1.165) is 10.6 Å². The molecule has 1 aromatic carbocycles. The molecule has 0 radical (unpaired) electrons. The Morgan fingerprint density at radius 1 is 1.16 bits per heavy atom. The standard InChI is InChI=1S/C21H17N7O3S/c22-20(30)13-5-7-14(8-6-13)21-23-26-27(25-21)12-19(29)28-16(17-3-1-9-31-17)11-15(24-28)18-4-2-10-32-18/h1-10,16H,11-12H2,(H2,22,30)/t16-/m0/s1. The molecule has 1 aliphatic heterocycles. The molecule has 2 amide bonds. The van der Waals surface area contributed by atoms with Gasteiger partial charge in [0.15, 0.2) is 0 Å². The fourth-order valence-electron chi connectivity index (χ4n) is 3.44. The molecule has 160 valence electrons. The zero-order valence-electron chi connectivity index (χ0n) is 16.7. The summed E-state index contributed by atoms with van der Waals surface area (Å²) in [7, 11) is 0. The molecular formula is C21H17N7O3S. The Bertz CT molecular complexity index is 1280. The third kappa shape index (κ3) is 3.81. The number of tetrazole rings is 1. The second kappa shape index (κ2) is 8.19. The van der Waals surface area contributed by atoms with Crippen LogP contribution in [0.3, 0.4) is 0 Å². The monoisotopic (exact) mass is 447 g/mol. The summed E-state index contributed by atoms with van der Waals surface area (Å²) in [4.78, 5) is 26.6. The van der Waals surface area contributed by atoms with Gasteiger partial charge in [0.1, 0.15) is 18.3 Å². The van der Waals surface area contributed by atoms with E-state index in [0.29, 0.717) is 29.1 Å². The van der Waals surface area contributed by atoms with Gasteiger partial charge in [0.25, 0.3) is 5.91 Å². The van der Waals surface area contributed by atoms with Crippen LogP contribution in [0, 0.1) is 0 Å². The van der Waals surface area contributed by atoms with Gasteiger partial charge in [0.2, 0.25) is 11.7 Å².